The fourth-order valence-corrected chi connectivity index (χ4v) is 4.80. The Morgan fingerprint density at radius 1 is 1.18 bits per heavy atom. The molecule has 2 aromatic rings. The molecule has 6 nitrogen and oxygen atoms in total. The van der Waals surface area contributed by atoms with Crippen LogP contribution < -0.4 is 10.2 Å². The number of benzene rings is 1. The number of hydrogen-bond donors (Lipinski definition) is 1. The summed E-state index contributed by atoms with van der Waals surface area (Å²) < 4.78 is 0. The lowest BCUT2D eigenvalue weighted by molar-refractivity contribution is 0.193. The zero-order chi connectivity index (χ0) is 19.1. The number of rotatable bonds is 2. The number of carbonyl (C=O) groups is 1. The van der Waals surface area contributed by atoms with Crippen LogP contribution in [0.3, 0.4) is 0 Å². The maximum Gasteiger partial charge on any atom is 0.317 e. The van der Waals surface area contributed by atoms with E-state index in [0.717, 1.165) is 25.3 Å². The predicted molar refractivity (Wildman–Crippen MR) is 106 cm³/mol. The summed E-state index contributed by atoms with van der Waals surface area (Å²) in [7, 11) is 0. The van der Waals surface area contributed by atoms with E-state index in [0.29, 0.717) is 30.5 Å². The zero-order valence-electron chi connectivity index (χ0n) is 15.7. The second kappa shape index (κ2) is 6.83. The van der Waals surface area contributed by atoms with E-state index in [2.05, 4.69) is 45.5 Å². The predicted octanol–water partition coefficient (Wildman–Crippen LogP) is 2.51. The summed E-state index contributed by atoms with van der Waals surface area (Å²) in [5.41, 5.74) is 3.49. The molecule has 3 atom stereocenters. The molecule has 6 heteroatoms. The van der Waals surface area contributed by atoms with Gasteiger partial charge in [0.1, 0.15) is 5.82 Å². The molecule has 3 aliphatic rings. The van der Waals surface area contributed by atoms with Crippen LogP contribution in [0.15, 0.2) is 42.6 Å². The Morgan fingerprint density at radius 3 is 2.82 bits per heavy atom. The van der Waals surface area contributed by atoms with E-state index in [1.165, 1.54) is 17.5 Å². The van der Waals surface area contributed by atoms with Gasteiger partial charge in [-0.1, -0.05) is 24.3 Å². The molecule has 28 heavy (non-hydrogen) atoms. The Hall–Kier alpha value is -3.07. The highest BCUT2D eigenvalue weighted by atomic mass is 16.2. The van der Waals surface area contributed by atoms with Crippen LogP contribution in [0.2, 0.25) is 0 Å². The van der Waals surface area contributed by atoms with E-state index in [9.17, 15) is 4.79 Å². The standard InChI is InChI=1S/C22H23N5O/c23-14-15-7-8-24-19(13-15)26-9-11-27(12-10-26)22(28)25-21-18-6-5-16-3-1-2-4-17(16)20(18)21/h1-4,7-8,13,18,20-21H,5-6,9-12H2,(H,25,28). The molecule has 1 saturated heterocycles. The monoisotopic (exact) mass is 373 g/mol. The molecule has 2 amide bonds. The number of carbonyl (C=O) groups excluding carboxylic acids is 1. The first kappa shape index (κ1) is 17.1. The first-order valence-corrected chi connectivity index (χ1v) is 9.99. The number of nitriles is 1. The highest BCUT2D eigenvalue weighted by Gasteiger charge is 2.54. The largest absolute Gasteiger partial charge is 0.353 e. The van der Waals surface area contributed by atoms with Crippen molar-refractivity contribution in [2.75, 3.05) is 31.1 Å². The van der Waals surface area contributed by atoms with Crippen LogP contribution in [0, 0.1) is 17.2 Å². The minimum Gasteiger partial charge on any atom is -0.353 e. The third kappa shape index (κ3) is 2.97. The molecule has 1 aromatic heterocycles. The molecule has 3 unspecified atom stereocenters. The number of urea groups is 1. The lowest BCUT2D eigenvalue weighted by Crippen LogP contribution is -2.52. The van der Waals surface area contributed by atoms with Crippen molar-refractivity contribution in [1.29, 1.82) is 5.26 Å². The van der Waals surface area contributed by atoms with Crippen LogP contribution in [0.25, 0.3) is 0 Å². The van der Waals surface area contributed by atoms with Crippen molar-refractivity contribution in [3.63, 3.8) is 0 Å². The van der Waals surface area contributed by atoms with Gasteiger partial charge in [-0.3, -0.25) is 0 Å². The highest BCUT2D eigenvalue weighted by molar-refractivity contribution is 5.76. The van der Waals surface area contributed by atoms with Crippen LogP contribution >= 0.6 is 0 Å². The second-order valence-electron chi connectivity index (χ2n) is 7.89. The van der Waals surface area contributed by atoms with Gasteiger partial charge in [-0.05, 0) is 42.0 Å². The normalized spacial score (nSPS) is 25.3. The Balaban J connectivity index is 1.18. The summed E-state index contributed by atoms with van der Waals surface area (Å²) >= 11 is 0. The van der Waals surface area contributed by atoms with Crippen molar-refractivity contribution >= 4 is 11.8 Å². The van der Waals surface area contributed by atoms with Gasteiger partial charge in [0.15, 0.2) is 0 Å². The minimum atomic E-state index is 0.0512. The average Bonchev–Trinajstić information content (AvgIpc) is 3.47. The third-order valence-electron chi connectivity index (χ3n) is 6.39. The van der Waals surface area contributed by atoms with Crippen molar-refractivity contribution in [3.05, 3.63) is 59.3 Å². The van der Waals surface area contributed by atoms with Crippen LogP contribution in [-0.2, 0) is 6.42 Å². The summed E-state index contributed by atoms with van der Waals surface area (Å²) in [6.45, 7) is 2.80. The summed E-state index contributed by atoms with van der Waals surface area (Å²) in [6, 6.07) is 14.7. The average molecular weight is 373 g/mol. The number of amides is 2. The molecule has 1 aliphatic heterocycles. The number of nitrogens with zero attached hydrogens (tertiary/aromatic N) is 4. The van der Waals surface area contributed by atoms with Gasteiger partial charge in [0.2, 0.25) is 0 Å². The summed E-state index contributed by atoms with van der Waals surface area (Å²) in [5, 5.41) is 12.3. The van der Waals surface area contributed by atoms with Gasteiger partial charge < -0.3 is 15.1 Å². The SMILES string of the molecule is N#Cc1ccnc(N2CCN(C(=O)NC3C4CCc5ccccc5C43)CC2)c1. The van der Waals surface area contributed by atoms with Gasteiger partial charge in [-0.25, -0.2) is 9.78 Å². The van der Waals surface area contributed by atoms with Gasteiger partial charge in [0.05, 0.1) is 11.6 Å². The van der Waals surface area contributed by atoms with Crippen LogP contribution in [0.1, 0.15) is 29.0 Å². The molecule has 2 fully saturated rings. The molecule has 1 N–H and O–H groups in total. The van der Waals surface area contributed by atoms with Crippen molar-refractivity contribution < 1.29 is 4.79 Å². The summed E-state index contributed by atoms with van der Waals surface area (Å²) in [6.07, 6.45) is 3.96. The lowest BCUT2D eigenvalue weighted by Gasteiger charge is -2.35. The summed E-state index contributed by atoms with van der Waals surface area (Å²) in [4.78, 5) is 21.2. The fraction of sp³-hybridized carbons (Fsp3) is 0.409. The van der Waals surface area contributed by atoms with E-state index < -0.39 is 0 Å². The topological polar surface area (TPSA) is 72.3 Å². The lowest BCUT2D eigenvalue weighted by atomic mass is 9.92. The van der Waals surface area contributed by atoms with Gasteiger partial charge in [0.25, 0.3) is 0 Å². The molecular formula is C22H23N5O. The molecule has 142 valence electrons. The van der Waals surface area contributed by atoms with Gasteiger partial charge in [0, 0.05) is 44.3 Å². The molecule has 2 heterocycles. The minimum absolute atomic E-state index is 0.0512. The highest BCUT2D eigenvalue weighted by Crippen LogP contribution is 2.54. The second-order valence-corrected chi connectivity index (χ2v) is 7.89. The quantitative estimate of drug-likeness (QED) is 0.878. The number of fused-ring (bicyclic) bond motifs is 3. The Bertz CT molecular complexity index is 944. The molecule has 5 rings (SSSR count). The molecule has 0 spiro atoms. The van der Waals surface area contributed by atoms with Crippen LogP contribution in [0.4, 0.5) is 10.6 Å². The Labute approximate surface area is 164 Å². The maximum atomic E-state index is 12.8. The first-order valence-electron chi connectivity index (χ1n) is 9.99. The number of aromatic nitrogens is 1. The Kier molecular flexibility index (Phi) is 4.16. The third-order valence-corrected chi connectivity index (χ3v) is 6.39. The first-order chi connectivity index (χ1) is 13.7. The number of nitrogens with one attached hydrogen (secondary N) is 1. The van der Waals surface area contributed by atoms with Crippen molar-refractivity contribution in [2.24, 2.45) is 5.92 Å². The van der Waals surface area contributed by atoms with Crippen molar-refractivity contribution in [2.45, 2.75) is 24.8 Å². The zero-order valence-corrected chi connectivity index (χ0v) is 15.7. The molecular weight excluding hydrogens is 350 g/mol. The number of aryl methyl sites for hydroxylation is 1. The molecule has 1 aromatic carbocycles. The van der Waals surface area contributed by atoms with E-state index in [-0.39, 0.29) is 12.1 Å². The molecule has 0 bridgehead atoms. The van der Waals surface area contributed by atoms with Gasteiger partial charge in [-0.2, -0.15) is 5.26 Å². The van der Waals surface area contributed by atoms with Crippen molar-refractivity contribution in [1.82, 2.24) is 15.2 Å². The van der Waals surface area contributed by atoms with E-state index in [4.69, 9.17) is 5.26 Å². The summed E-state index contributed by atoms with van der Waals surface area (Å²) in [5.74, 6) is 1.90. The van der Waals surface area contributed by atoms with Crippen molar-refractivity contribution in [3.8, 4) is 6.07 Å². The van der Waals surface area contributed by atoms with Gasteiger partial charge in [-0.15, -0.1) is 0 Å². The Morgan fingerprint density at radius 2 is 2.00 bits per heavy atom. The molecule has 2 aliphatic carbocycles. The number of pyridine rings is 1. The number of piperazine rings is 1. The molecule has 1 saturated carbocycles. The van der Waals surface area contributed by atoms with Gasteiger partial charge >= 0.3 is 6.03 Å². The molecule has 0 radical (unpaired) electrons. The van der Waals surface area contributed by atoms with E-state index in [1.807, 2.05) is 11.0 Å². The number of hydrogen-bond acceptors (Lipinski definition) is 4. The van der Waals surface area contributed by atoms with E-state index >= 15 is 0 Å². The van der Waals surface area contributed by atoms with Crippen LogP contribution in [0.5, 0.6) is 0 Å². The van der Waals surface area contributed by atoms with Crippen LogP contribution in [-0.4, -0.2) is 48.1 Å². The van der Waals surface area contributed by atoms with E-state index in [1.54, 1.807) is 12.3 Å². The maximum absolute atomic E-state index is 12.8. The number of anilines is 1. The smallest absolute Gasteiger partial charge is 0.317 e. The fourth-order valence-electron chi connectivity index (χ4n) is 4.80.